The summed E-state index contributed by atoms with van der Waals surface area (Å²) >= 11 is 0.803. The van der Waals surface area contributed by atoms with Gasteiger partial charge in [0.15, 0.2) is 0 Å². The van der Waals surface area contributed by atoms with Crippen molar-refractivity contribution in [2.75, 3.05) is 5.32 Å². The van der Waals surface area contributed by atoms with Crippen molar-refractivity contribution >= 4 is 32.4 Å². The zero-order valence-electron chi connectivity index (χ0n) is 15.6. The number of carbonyl (C=O) groups is 1. The molecule has 0 aliphatic carbocycles. The Hall–Kier alpha value is -2.62. The fraction of sp³-hybridized carbons (Fsp3) is 0.211. The monoisotopic (exact) mass is 416 g/mol. The maximum atomic E-state index is 12.7. The minimum absolute atomic E-state index is 0.119. The number of carbonyl (C=O) groups excluding carboxylic acids is 1. The highest BCUT2D eigenvalue weighted by Gasteiger charge is 2.24. The van der Waals surface area contributed by atoms with E-state index in [1.54, 1.807) is 37.3 Å². The van der Waals surface area contributed by atoms with Crippen LogP contribution in [-0.4, -0.2) is 24.5 Å². The van der Waals surface area contributed by atoms with Gasteiger partial charge < -0.3 is 0 Å². The van der Waals surface area contributed by atoms with Crippen LogP contribution < -0.4 is 10.0 Å². The topological polar surface area (TPSA) is 101 Å². The minimum atomic E-state index is -3.87. The van der Waals surface area contributed by atoms with Crippen LogP contribution in [0.15, 0.2) is 52.9 Å². The van der Waals surface area contributed by atoms with E-state index in [1.165, 1.54) is 0 Å². The van der Waals surface area contributed by atoms with Crippen molar-refractivity contribution in [3.05, 3.63) is 70.8 Å². The number of amides is 1. The Kier molecular flexibility index (Phi) is 5.87. The van der Waals surface area contributed by atoms with Crippen LogP contribution in [0.2, 0.25) is 0 Å². The minimum Gasteiger partial charge on any atom is -0.296 e. The van der Waals surface area contributed by atoms with E-state index in [-0.39, 0.29) is 15.4 Å². The van der Waals surface area contributed by atoms with Gasteiger partial charge in [-0.05, 0) is 44.0 Å². The molecule has 0 bridgehead atoms. The van der Waals surface area contributed by atoms with E-state index in [0.717, 1.165) is 28.0 Å². The number of nitrogens with zero attached hydrogens (tertiary/aromatic N) is 2. The number of aromatic nitrogens is 2. The summed E-state index contributed by atoms with van der Waals surface area (Å²) < 4.78 is 27.8. The zero-order valence-corrected chi connectivity index (χ0v) is 17.3. The zero-order chi connectivity index (χ0) is 20.3. The molecule has 1 aromatic heterocycles. The first-order valence-electron chi connectivity index (χ1n) is 8.55. The van der Waals surface area contributed by atoms with Gasteiger partial charge in [-0.3, -0.25) is 10.1 Å². The van der Waals surface area contributed by atoms with Gasteiger partial charge in [0.1, 0.15) is 0 Å². The van der Waals surface area contributed by atoms with Crippen molar-refractivity contribution in [3.63, 3.8) is 0 Å². The second-order valence-corrected chi connectivity index (χ2v) is 9.26. The summed E-state index contributed by atoms with van der Waals surface area (Å²) in [7, 11) is -3.87. The smallest absolute Gasteiger partial charge is 0.270 e. The molecule has 2 aromatic carbocycles. The van der Waals surface area contributed by atoms with E-state index >= 15 is 0 Å². The van der Waals surface area contributed by atoms with Crippen molar-refractivity contribution in [2.45, 2.75) is 31.2 Å². The van der Waals surface area contributed by atoms with Crippen molar-refractivity contribution in [1.29, 1.82) is 0 Å². The average molecular weight is 417 g/mol. The third-order valence-corrected chi connectivity index (χ3v) is 6.87. The van der Waals surface area contributed by atoms with Gasteiger partial charge in [0.05, 0.1) is 0 Å². The van der Waals surface area contributed by atoms with Crippen LogP contribution >= 0.6 is 11.3 Å². The molecule has 1 atom stereocenters. The molecular weight excluding hydrogens is 396 g/mol. The predicted molar refractivity (Wildman–Crippen MR) is 109 cm³/mol. The quantitative estimate of drug-likeness (QED) is 0.600. The Morgan fingerprint density at radius 3 is 2.50 bits per heavy atom. The van der Waals surface area contributed by atoms with E-state index < -0.39 is 16.1 Å². The lowest BCUT2D eigenvalue weighted by Crippen LogP contribution is -2.27. The molecule has 0 radical (unpaired) electrons. The largest absolute Gasteiger partial charge is 0.296 e. The van der Waals surface area contributed by atoms with E-state index in [0.29, 0.717) is 5.56 Å². The Morgan fingerprint density at radius 1 is 1.07 bits per heavy atom. The molecule has 1 heterocycles. The lowest BCUT2D eigenvalue weighted by Gasteiger charge is -2.16. The highest BCUT2D eigenvalue weighted by molar-refractivity contribution is 7.91. The van der Waals surface area contributed by atoms with Crippen LogP contribution in [0.25, 0.3) is 0 Å². The first-order valence-corrected chi connectivity index (χ1v) is 10.9. The summed E-state index contributed by atoms with van der Waals surface area (Å²) in [5.74, 6) is -0.377. The highest BCUT2D eigenvalue weighted by Crippen LogP contribution is 2.24. The van der Waals surface area contributed by atoms with Gasteiger partial charge in [0.2, 0.25) is 9.47 Å². The van der Waals surface area contributed by atoms with Crippen LogP contribution in [0.5, 0.6) is 0 Å². The fourth-order valence-corrected chi connectivity index (χ4v) is 4.83. The second-order valence-electron chi connectivity index (χ2n) is 6.40. The van der Waals surface area contributed by atoms with Crippen LogP contribution in [0.4, 0.5) is 5.13 Å². The molecule has 0 fully saturated rings. The van der Waals surface area contributed by atoms with Gasteiger partial charge in [-0.25, -0.2) is 13.1 Å². The standard InChI is InChI=1S/C19H20N4O3S2/c1-12-9-10-13(2)16(11-12)14(3)23-28(25,26)19-22-21-18(27-19)20-17(24)15-7-5-4-6-8-15/h4-11,14,23H,1-3H3,(H,20,21,24)/t14-/m0/s1. The Morgan fingerprint density at radius 2 is 1.79 bits per heavy atom. The third-order valence-electron chi connectivity index (χ3n) is 4.13. The van der Waals surface area contributed by atoms with E-state index in [9.17, 15) is 13.2 Å². The molecule has 7 nitrogen and oxygen atoms in total. The molecule has 0 saturated carbocycles. The SMILES string of the molecule is Cc1ccc(C)c([C@H](C)NS(=O)(=O)c2nnc(NC(=O)c3ccccc3)s2)c1. The van der Waals surface area contributed by atoms with Gasteiger partial charge >= 0.3 is 0 Å². The molecule has 0 unspecified atom stereocenters. The summed E-state index contributed by atoms with van der Waals surface area (Å²) in [4.78, 5) is 12.2. The Bertz CT molecular complexity index is 1100. The first kappa shape index (κ1) is 20.1. The summed E-state index contributed by atoms with van der Waals surface area (Å²) in [5.41, 5.74) is 3.39. The molecule has 9 heteroatoms. The van der Waals surface area contributed by atoms with Crippen molar-refractivity contribution < 1.29 is 13.2 Å². The first-order chi connectivity index (χ1) is 13.3. The van der Waals surface area contributed by atoms with Gasteiger partial charge in [-0.2, -0.15) is 0 Å². The normalized spacial score (nSPS) is 12.5. The van der Waals surface area contributed by atoms with Crippen LogP contribution in [0, 0.1) is 13.8 Å². The summed E-state index contributed by atoms with van der Waals surface area (Å²) in [6.45, 7) is 5.66. The summed E-state index contributed by atoms with van der Waals surface area (Å²) in [6.07, 6.45) is 0. The van der Waals surface area contributed by atoms with Crippen molar-refractivity contribution in [3.8, 4) is 0 Å². The number of sulfonamides is 1. The van der Waals surface area contributed by atoms with Crippen LogP contribution in [0.1, 0.15) is 40.0 Å². The number of hydrogen-bond donors (Lipinski definition) is 2. The van der Waals surface area contributed by atoms with Gasteiger partial charge in [-0.1, -0.05) is 53.3 Å². The van der Waals surface area contributed by atoms with E-state index in [4.69, 9.17) is 0 Å². The summed E-state index contributed by atoms with van der Waals surface area (Å²) in [5, 5.41) is 10.2. The molecule has 0 saturated heterocycles. The fourth-order valence-electron chi connectivity index (χ4n) is 2.70. The van der Waals surface area contributed by atoms with Gasteiger partial charge in [-0.15, -0.1) is 10.2 Å². The molecule has 3 rings (SSSR count). The lowest BCUT2D eigenvalue weighted by molar-refractivity contribution is 0.102. The molecule has 3 aromatic rings. The van der Waals surface area contributed by atoms with Crippen LogP contribution in [-0.2, 0) is 10.0 Å². The maximum Gasteiger partial charge on any atom is 0.270 e. The Labute approximate surface area is 167 Å². The maximum absolute atomic E-state index is 12.7. The molecule has 28 heavy (non-hydrogen) atoms. The molecule has 0 spiro atoms. The van der Waals surface area contributed by atoms with Crippen molar-refractivity contribution in [1.82, 2.24) is 14.9 Å². The van der Waals surface area contributed by atoms with Gasteiger partial charge in [0, 0.05) is 11.6 Å². The second kappa shape index (κ2) is 8.17. The number of benzene rings is 2. The van der Waals surface area contributed by atoms with Crippen LogP contribution in [0.3, 0.4) is 0 Å². The molecule has 1 amide bonds. The molecule has 146 valence electrons. The number of hydrogen-bond acceptors (Lipinski definition) is 6. The number of rotatable bonds is 6. The Balaban J connectivity index is 1.74. The molecular formula is C19H20N4O3S2. The third kappa shape index (κ3) is 4.61. The number of anilines is 1. The number of aryl methyl sites for hydroxylation is 2. The molecule has 2 N–H and O–H groups in total. The summed E-state index contributed by atoms with van der Waals surface area (Å²) in [6, 6.07) is 14.0. The van der Waals surface area contributed by atoms with Gasteiger partial charge in [0.25, 0.3) is 15.9 Å². The average Bonchev–Trinajstić information content (AvgIpc) is 3.13. The van der Waals surface area contributed by atoms with Crippen molar-refractivity contribution in [2.24, 2.45) is 0 Å². The van der Waals surface area contributed by atoms with E-state index in [1.807, 2.05) is 32.0 Å². The molecule has 0 aliphatic heterocycles. The lowest BCUT2D eigenvalue weighted by atomic mass is 10.0. The molecule has 0 aliphatic rings. The number of nitrogens with one attached hydrogen (secondary N) is 2. The highest BCUT2D eigenvalue weighted by atomic mass is 32.2. The predicted octanol–water partition coefficient (Wildman–Crippen LogP) is 3.45. The van der Waals surface area contributed by atoms with E-state index in [2.05, 4.69) is 20.2 Å².